The van der Waals surface area contributed by atoms with Crippen molar-refractivity contribution in [3.8, 4) is 0 Å². The molecule has 3 amide bonds. The lowest BCUT2D eigenvalue weighted by Crippen LogP contribution is -2.31. The van der Waals surface area contributed by atoms with Gasteiger partial charge in [-0.1, -0.05) is 0 Å². The Bertz CT molecular complexity index is 442. The molecule has 0 spiro atoms. The maximum Gasteiger partial charge on any atom is 0.318 e. The highest BCUT2D eigenvalue weighted by molar-refractivity contribution is 5.99. The molecule has 0 aromatic heterocycles. The van der Waals surface area contributed by atoms with Gasteiger partial charge in [-0.2, -0.15) is 0 Å². The maximum absolute atomic E-state index is 11.3. The molecule has 15 heavy (non-hydrogen) atoms. The highest BCUT2D eigenvalue weighted by Gasteiger charge is 2.19. The molecule has 1 aliphatic heterocycles. The number of urea groups is 1. The number of hydrogen-bond acceptors (Lipinski definition) is 2. The number of nitrogens with zero attached hydrogens (tertiary/aromatic N) is 1. The molecule has 0 radical (unpaired) electrons. The van der Waals surface area contributed by atoms with Crippen LogP contribution in [0.15, 0.2) is 18.2 Å². The minimum Gasteiger partial charge on any atom is -0.351 e. The molecule has 2 rings (SSSR count). The topological polar surface area (TPSA) is 75.4 Å². The summed E-state index contributed by atoms with van der Waals surface area (Å²) in [5, 5.41) is 2.71. The van der Waals surface area contributed by atoms with Gasteiger partial charge in [-0.15, -0.1) is 0 Å². The fourth-order valence-electron chi connectivity index (χ4n) is 1.55. The first-order valence-corrected chi connectivity index (χ1v) is 4.54. The Kier molecular flexibility index (Phi) is 2.07. The summed E-state index contributed by atoms with van der Waals surface area (Å²) >= 11 is 0. The number of carbonyl (C=O) groups excluding carboxylic acids is 2. The van der Waals surface area contributed by atoms with Crippen LogP contribution in [0.25, 0.3) is 0 Å². The van der Waals surface area contributed by atoms with Gasteiger partial charge in [0.25, 0.3) is 5.91 Å². The second-order valence-corrected chi connectivity index (χ2v) is 3.42. The Morgan fingerprint density at radius 1 is 1.53 bits per heavy atom. The number of nitrogens with one attached hydrogen (secondary N) is 1. The molecule has 5 nitrogen and oxygen atoms in total. The highest BCUT2D eigenvalue weighted by Crippen LogP contribution is 2.21. The zero-order chi connectivity index (χ0) is 11.0. The standard InChI is InChI=1S/C10H11N3O2/c1-13(10(11)15)7-2-3-8-6(4-7)5-12-9(8)14/h2-4H,5H2,1H3,(H2,11,15)(H,12,14). The Morgan fingerprint density at radius 2 is 2.27 bits per heavy atom. The van der Waals surface area contributed by atoms with Crippen molar-refractivity contribution < 1.29 is 9.59 Å². The van der Waals surface area contributed by atoms with Gasteiger partial charge in [0, 0.05) is 24.8 Å². The summed E-state index contributed by atoms with van der Waals surface area (Å²) in [6.45, 7) is 0.509. The van der Waals surface area contributed by atoms with E-state index in [1.54, 1.807) is 25.2 Å². The lowest BCUT2D eigenvalue weighted by atomic mass is 10.1. The van der Waals surface area contributed by atoms with Crippen LogP contribution >= 0.6 is 0 Å². The number of primary amides is 1. The summed E-state index contributed by atoms with van der Waals surface area (Å²) in [7, 11) is 1.59. The maximum atomic E-state index is 11.3. The number of fused-ring (bicyclic) bond motifs is 1. The van der Waals surface area contributed by atoms with Crippen molar-refractivity contribution in [3.05, 3.63) is 29.3 Å². The minimum absolute atomic E-state index is 0.0710. The van der Waals surface area contributed by atoms with Crippen LogP contribution in [0.2, 0.25) is 0 Å². The van der Waals surface area contributed by atoms with Crippen LogP contribution in [0, 0.1) is 0 Å². The normalized spacial score (nSPS) is 13.3. The predicted molar refractivity (Wildman–Crippen MR) is 55.6 cm³/mol. The third-order valence-corrected chi connectivity index (χ3v) is 2.49. The molecule has 1 aliphatic rings. The Morgan fingerprint density at radius 3 is 2.93 bits per heavy atom. The van der Waals surface area contributed by atoms with Gasteiger partial charge in [0.1, 0.15) is 0 Å². The average molecular weight is 205 g/mol. The number of nitrogens with two attached hydrogens (primary N) is 1. The van der Waals surface area contributed by atoms with Crippen molar-refractivity contribution in [2.45, 2.75) is 6.54 Å². The first kappa shape index (κ1) is 9.51. The average Bonchev–Trinajstić information content (AvgIpc) is 2.59. The van der Waals surface area contributed by atoms with E-state index < -0.39 is 6.03 Å². The molecule has 0 bridgehead atoms. The summed E-state index contributed by atoms with van der Waals surface area (Å²) in [5.41, 5.74) is 7.39. The lowest BCUT2D eigenvalue weighted by molar-refractivity contribution is 0.0966. The quantitative estimate of drug-likeness (QED) is 0.698. The highest BCUT2D eigenvalue weighted by atomic mass is 16.2. The van der Waals surface area contributed by atoms with Gasteiger partial charge in [0.2, 0.25) is 0 Å². The Labute approximate surface area is 86.9 Å². The monoisotopic (exact) mass is 205 g/mol. The molecule has 0 saturated carbocycles. The number of amides is 3. The van der Waals surface area contributed by atoms with E-state index in [-0.39, 0.29) is 5.91 Å². The van der Waals surface area contributed by atoms with E-state index in [0.717, 1.165) is 5.56 Å². The van der Waals surface area contributed by atoms with Gasteiger partial charge < -0.3 is 11.1 Å². The molecule has 0 saturated heterocycles. The van der Waals surface area contributed by atoms with Gasteiger partial charge in [0.15, 0.2) is 0 Å². The number of anilines is 1. The second-order valence-electron chi connectivity index (χ2n) is 3.42. The molecule has 3 N–H and O–H groups in total. The number of rotatable bonds is 1. The smallest absolute Gasteiger partial charge is 0.318 e. The molecular weight excluding hydrogens is 194 g/mol. The van der Waals surface area contributed by atoms with Crippen LogP contribution in [-0.4, -0.2) is 19.0 Å². The van der Waals surface area contributed by atoms with Crippen LogP contribution in [-0.2, 0) is 6.54 Å². The zero-order valence-electron chi connectivity index (χ0n) is 8.28. The van der Waals surface area contributed by atoms with E-state index in [1.165, 1.54) is 4.90 Å². The van der Waals surface area contributed by atoms with Gasteiger partial charge >= 0.3 is 6.03 Å². The molecule has 0 aliphatic carbocycles. The van der Waals surface area contributed by atoms with Gasteiger partial charge in [-0.05, 0) is 23.8 Å². The van der Waals surface area contributed by atoms with Crippen molar-refractivity contribution >= 4 is 17.6 Å². The molecule has 78 valence electrons. The van der Waals surface area contributed by atoms with Crippen LogP contribution in [0.1, 0.15) is 15.9 Å². The van der Waals surface area contributed by atoms with E-state index in [2.05, 4.69) is 5.32 Å². The van der Waals surface area contributed by atoms with Gasteiger partial charge in [-0.25, -0.2) is 4.79 Å². The van der Waals surface area contributed by atoms with Crippen LogP contribution < -0.4 is 16.0 Å². The summed E-state index contributed by atoms with van der Waals surface area (Å²) in [4.78, 5) is 23.5. The largest absolute Gasteiger partial charge is 0.351 e. The van der Waals surface area contributed by atoms with Crippen molar-refractivity contribution in [2.24, 2.45) is 5.73 Å². The van der Waals surface area contributed by atoms with E-state index in [1.807, 2.05) is 0 Å². The molecule has 0 unspecified atom stereocenters. The van der Waals surface area contributed by atoms with E-state index in [9.17, 15) is 9.59 Å². The molecule has 1 aromatic carbocycles. The SMILES string of the molecule is CN(C(N)=O)c1ccc2c(c1)CNC2=O. The third-order valence-electron chi connectivity index (χ3n) is 2.49. The first-order valence-electron chi connectivity index (χ1n) is 4.54. The second kappa shape index (κ2) is 3.27. The summed E-state index contributed by atoms with van der Waals surface area (Å²) < 4.78 is 0. The Balaban J connectivity index is 2.39. The molecule has 5 heteroatoms. The first-order chi connectivity index (χ1) is 7.09. The van der Waals surface area contributed by atoms with Crippen molar-refractivity contribution in [3.63, 3.8) is 0 Å². The predicted octanol–water partition coefficient (Wildman–Crippen LogP) is 0.445. The van der Waals surface area contributed by atoms with Crippen molar-refractivity contribution in [2.75, 3.05) is 11.9 Å². The summed E-state index contributed by atoms with van der Waals surface area (Å²) in [5.74, 6) is -0.0710. The van der Waals surface area contributed by atoms with E-state index >= 15 is 0 Å². The van der Waals surface area contributed by atoms with Crippen LogP contribution in [0.4, 0.5) is 10.5 Å². The van der Waals surface area contributed by atoms with Crippen molar-refractivity contribution in [1.82, 2.24) is 5.32 Å². The fourth-order valence-corrected chi connectivity index (χ4v) is 1.55. The third kappa shape index (κ3) is 1.52. The fraction of sp³-hybridized carbons (Fsp3) is 0.200. The molecule has 0 atom stereocenters. The zero-order valence-corrected chi connectivity index (χ0v) is 8.28. The minimum atomic E-state index is -0.521. The molecule has 0 fully saturated rings. The van der Waals surface area contributed by atoms with Gasteiger partial charge in [-0.3, -0.25) is 9.69 Å². The van der Waals surface area contributed by atoms with Crippen LogP contribution in [0.3, 0.4) is 0 Å². The Hall–Kier alpha value is -2.04. The van der Waals surface area contributed by atoms with Gasteiger partial charge in [0.05, 0.1) is 0 Å². The van der Waals surface area contributed by atoms with E-state index in [4.69, 9.17) is 5.73 Å². The molecule has 1 aromatic rings. The number of benzene rings is 1. The van der Waals surface area contributed by atoms with Crippen molar-refractivity contribution in [1.29, 1.82) is 0 Å². The van der Waals surface area contributed by atoms with E-state index in [0.29, 0.717) is 17.8 Å². The summed E-state index contributed by atoms with van der Waals surface area (Å²) in [6.07, 6.45) is 0. The number of carbonyl (C=O) groups is 2. The summed E-state index contributed by atoms with van der Waals surface area (Å²) in [6, 6.07) is 4.67. The van der Waals surface area contributed by atoms with Crippen LogP contribution in [0.5, 0.6) is 0 Å². The lowest BCUT2D eigenvalue weighted by Gasteiger charge is -2.14. The number of hydrogen-bond donors (Lipinski definition) is 2. The molecule has 1 heterocycles. The molecular formula is C10H11N3O2.